The third kappa shape index (κ3) is 6.38. The molecule has 110 valence electrons. The van der Waals surface area contributed by atoms with E-state index < -0.39 is 10.0 Å². The standard InChI is InChI=1S/C13H22N2O2S.ClH/c1-3-5-12-6-8-13(9-7-12)18(16,17)15-11-10-14-4-2;/h6-9,14-15H,3-5,10-11H2,1-2H3;1H. The Morgan fingerprint density at radius 1 is 1.05 bits per heavy atom. The number of hydrogen-bond acceptors (Lipinski definition) is 3. The summed E-state index contributed by atoms with van der Waals surface area (Å²) in [6.07, 6.45) is 2.04. The van der Waals surface area contributed by atoms with Crippen molar-refractivity contribution in [1.82, 2.24) is 10.0 Å². The van der Waals surface area contributed by atoms with Crippen LogP contribution in [0, 0.1) is 0 Å². The fraction of sp³-hybridized carbons (Fsp3) is 0.538. The van der Waals surface area contributed by atoms with Crippen LogP contribution in [0.25, 0.3) is 0 Å². The van der Waals surface area contributed by atoms with Gasteiger partial charge in [0.25, 0.3) is 0 Å². The smallest absolute Gasteiger partial charge is 0.240 e. The zero-order chi connectivity index (χ0) is 13.4. The minimum atomic E-state index is -3.36. The average molecular weight is 307 g/mol. The summed E-state index contributed by atoms with van der Waals surface area (Å²) in [7, 11) is -3.36. The number of hydrogen-bond donors (Lipinski definition) is 2. The summed E-state index contributed by atoms with van der Waals surface area (Å²) in [4.78, 5) is 0.332. The highest BCUT2D eigenvalue weighted by Gasteiger charge is 2.12. The first-order valence-electron chi connectivity index (χ1n) is 6.39. The summed E-state index contributed by atoms with van der Waals surface area (Å²) in [6.45, 7) is 5.98. The van der Waals surface area contributed by atoms with Gasteiger partial charge >= 0.3 is 0 Å². The first-order valence-corrected chi connectivity index (χ1v) is 7.87. The molecule has 0 aromatic heterocycles. The molecule has 4 nitrogen and oxygen atoms in total. The van der Waals surface area contributed by atoms with Gasteiger partial charge in [-0.1, -0.05) is 32.4 Å². The van der Waals surface area contributed by atoms with E-state index in [9.17, 15) is 8.42 Å². The lowest BCUT2D eigenvalue weighted by atomic mass is 10.1. The van der Waals surface area contributed by atoms with Crippen molar-refractivity contribution >= 4 is 22.4 Å². The van der Waals surface area contributed by atoms with E-state index in [2.05, 4.69) is 17.0 Å². The summed E-state index contributed by atoms with van der Waals surface area (Å²) in [5.41, 5.74) is 1.17. The van der Waals surface area contributed by atoms with Crippen LogP contribution < -0.4 is 10.0 Å². The SMILES string of the molecule is CCCc1ccc(S(=O)(=O)NCCNCC)cc1.Cl. The number of aryl methyl sites for hydroxylation is 1. The predicted molar refractivity (Wildman–Crippen MR) is 81.4 cm³/mol. The molecule has 0 unspecified atom stereocenters. The summed E-state index contributed by atoms with van der Waals surface area (Å²) in [5, 5.41) is 3.07. The van der Waals surface area contributed by atoms with Gasteiger partial charge in [0.1, 0.15) is 0 Å². The zero-order valence-electron chi connectivity index (χ0n) is 11.5. The third-order valence-electron chi connectivity index (χ3n) is 2.62. The number of rotatable bonds is 8. The highest BCUT2D eigenvalue weighted by molar-refractivity contribution is 7.89. The van der Waals surface area contributed by atoms with Crippen molar-refractivity contribution in [3.8, 4) is 0 Å². The Hall–Kier alpha value is -0.620. The Morgan fingerprint density at radius 3 is 2.21 bits per heavy atom. The Kier molecular flexibility index (Phi) is 9.01. The van der Waals surface area contributed by atoms with Crippen LogP contribution in [0.5, 0.6) is 0 Å². The molecular formula is C13H23ClN2O2S. The minimum Gasteiger partial charge on any atom is -0.316 e. The van der Waals surface area contributed by atoms with Crippen molar-refractivity contribution in [1.29, 1.82) is 0 Å². The Labute approximate surface area is 122 Å². The van der Waals surface area contributed by atoms with Gasteiger partial charge in [0.2, 0.25) is 10.0 Å². The van der Waals surface area contributed by atoms with E-state index in [-0.39, 0.29) is 12.4 Å². The molecule has 0 aliphatic rings. The maximum Gasteiger partial charge on any atom is 0.240 e. The summed E-state index contributed by atoms with van der Waals surface area (Å²) < 4.78 is 26.4. The van der Waals surface area contributed by atoms with Gasteiger partial charge in [-0.15, -0.1) is 12.4 Å². The molecule has 1 aromatic rings. The van der Waals surface area contributed by atoms with E-state index in [4.69, 9.17) is 0 Å². The summed E-state index contributed by atoms with van der Waals surface area (Å²) in [6, 6.07) is 7.09. The van der Waals surface area contributed by atoms with Crippen molar-refractivity contribution in [2.45, 2.75) is 31.6 Å². The number of sulfonamides is 1. The molecule has 0 saturated carbocycles. The summed E-state index contributed by atoms with van der Waals surface area (Å²) >= 11 is 0. The molecule has 0 radical (unpaired) electrons. The molecule has 0 atom stereocenters. The van der Waals surface area contributed by atoms with E-state index in [0.29, 0.717) is 18.0 Å². The highest BCUT2D eigenvalue weighted by atomic mass is 35.5. The van der Waals surface area contributed by atoms with Gasteiger partial charge in [-0.2, -0.15) is 0 Å². The van der Waals surface area contributed by atoms with Gasteiger partial charge in [-0.3, -0.25) is 0 Å². The van der Waals surface area contributed by atoms with Crippen molar-refractivity contribution in [2.75, 3.05) is 19.6 Å². The van der Waals surface area contributed by atoms with Crippen LogP contribution in [0.3, 0.4) is 0 Å². The topological polar surface area (TPSA) is 58.2 Å². The van der Waals surface area contributed by atoms with Crippen molar-refractivity contribution in [2.24, 2.45) is 0 Å². The first-order chi connectivity index (χ1) is 8.60. The van der Waals surface area contributed by atoms with E-state index in [1.54, 1.807) is 12.1 Å². The predicted octanol–water partition coefficient (Wildman–Crippen LogP) is 1.95. The average Bonchev–Trinajstić information content (AvgIpc) is 2.36. The molecule has 19 heavy (non-hydrogen) atoms. The largest absolute Gasteiger partial charge is 0.316 e. The maximum atomic E-state index is 11.9. The monoisotopic (exact) mass is 306 g/mol. The van der Waals surface area contributed by atoms with Crippen LogP contribution in [0.4, 0.5) is 0 Å². The van der Waals surface area contributed by atoms with Crippen LogP contribution in [0.1, 0.15) is 25.8 Å². The Balaban J connectivity index is 0.00000324. The Bertz CT molecular complexity index is 446. The van der Waals surface area contributed by atoms with Crippen LogP contribution in [-0.2, 0) is 16.4 Å². The van der Waals surface area contributed by atoms with Crippen LogP contribution in [-0.4, -0.2) is 28.1 Å². The number of likely N-dealkylation sites (N-methyl/N-ethyl adjacent to an activating group) is 1. The number of nitrogens with one attached hydrogen (secondary N) is 2. The van der Waals surface area contributed by atoms with E-state index in [0.717, 1.165) is 19.4 Å². The maximum absolute atomic E-state index is 11.9. The van der Waals surface area contributed by atoms with Gasteiger partial charge in [0.05, 0.1) is 4.90 Å². The second-order valence-electron chi connectivity index (χ2n) is 4.15. The molecule has 0 aliphatic heterocycles. The van der Waals surface area contributed by atoms with E-state index in [1.807, 2.05) is 19.1 Å². The quantitative estimate of drug-likeness (QED) is 0.722. The molecule has 0 fully saturated rings. The van der Waals surface area contributed by atoms with Gasteiger partial charge in [0.15, 0.2) is 0 Å². The Morgan fingerprint density at radius 2 is 1.68 bits per heavy atom. The molecular weight excluding hydrogens is 284 g/mol. The van der Waals surface area contributed by atoms with Crippen molar-refractivity contribution < 1.29 is 8.42 Å². The molecule has 0 bridgehead atoms. The molecule has 0 spiro atoms. The van der Waals surface area contributed by atoms with Gasteiger partial charge in [0, 0.05) is 13.1 Å². The molecule has 2 N–H and O–H groups in total. The summed E-state index contributed by atoms with van der Waals surface area (Å²) in [5.74, 6) is 0. The van der Waals surface area contributed by atoms with Crippen LogP contribution in [0.15, 0.2) is 29.2 Å². The second-order valence-corrected chi connectivity index (χ2v) is 5.91. The lowest BCUT2D eigenvalue weighted by Crippen LogP contribution is -2.31. The minimum absolute atomic E-state index is 0. The third-order valence-corrected chi connectivity index (χ3v) is 4.09. The molecule has 1 rings (SSSR count). The second kappa shape index (κ2) is 9.31. The zero-order valence-corrected chi connectivity index (χ0v) is 13.1. The molecule has 0 heterocycles. The van der Waals surface area contributed by atoms with Crippen LogP contribution >= 0.6 is 12.4 Å². The van der Waals surface area contributed by atoms with Gasteiger partial charge in [-0.25, -0.2) is 13.1 Å². The first kappa shape index (κ1) is 18.4. The van der Waals surface area contributed by atoms with E-state index in [1.165, 1.54) is 5.56 Å². The molecule has 0 saturated heterocycles. The lowest BCUT2D eigenvalue weighted by molar-refractivity contribution is 0.577. The highest BCUT2D eigenvalue weighted by Crippen LogP contribution is 2.11. The molecule has 1 aromatic carbocycles. The van der Waals surface area contributed by atoms with Crippen LogP contribution in [0.2, 0.25) is 0 Å². The molecule has 6 heteroatoms. The molecule has 0 amide bonds. The van der Waals surface area contributed by atoms with Gasteiger partial charge < -0.3 is 5.32 Å². The normalized spacial score (nSPS) is 11.1. The lowest BCUT2D eigenvalue weighted by Gasteiger charge is -2.07. The van der Waals surface area contributed by atoms with Gasteiger partial charge in [-0.05, 0) is 30.7 Å². The number of benzene rings is 1. The van der Waals surface area contributed by atoms with Crippen molar-refractivity contribution in [3.05, 3.63) is 29.8 Å². The fourth-order valence-corrected chi connectivity index (χ4v) is 2.69. The number of halogens is 1. The van der Waals surface area contributed by atoms with Crippen molar-refractivity contribution in [3.63, 3.8) is 0 Å². The van der Waals surface area contributed by atoms with E-state index >= 15 is 0 Å². The fourth-order valence-electron chi connectivity index (χ4n) is 1.66. The molecule has 0 aliphatic carbocycles.